The maximum Gasteiger partial charge on any atom is 0.128 e. The Kier molecular flexibility index (Phi) is 6.26. The Balaban J connectivity index is 2.19. The number of nitrogens with zero attached hydrogens (tertiary/aromatic N) is 3. The third kappa shape index (κ3) is 3.95. The van der Waals surface area contributed by atoms with Crippen LogP contribution in [0, 0.1) is 11.3 Å². The molecule has 23 heavy (non-hydrogen) atoms. The summed E-state index contributed by atoms with van der Waals surface area (Å²) in [5.41, 5.74) is 0.909. The van der Waals surface area contributed by atoms with E-state index in [1.807, 2.05) is 18.2 Å². The predicted molar refractivity (Wildman–Crippen MR) is 90.8 cm³/mol. The lowest BCUT2D eigenvalue weighted by Gasteiger charge is -2.41. The first-order chi connectivity index (χ1) is 11.1. The van der Waals surface area contributed by atoms with Gasteiger partial charge in [0.1, 0.15) is 17.5 Å². The highest BCUT2D eigenvalue weighted by molar-refractivity contribution is 5.44. The molecule has 126 valence electrons. The van der Waals surface area contributed by atoms with Crippen LogP contribution in [0.3, 0.4) is 0 Å². The Morgan fingerprint density at radius 1 is 1.30 bits per heavy atom. The molecule has 1 fully saturated rings. The lowest BCUT2D eigenvalue weighted by molar-refractivity contribution is 0.0684. The van der Waals surface area contributed by atoms with Crippen molar-refractivity contribution >= 4 is 0 Å². The number of piperazine rings is 1. The van der Waals surface area contributed by atoms with Crippen molar-refractivity contribution < 1.29 is 9.47 Å². The SMILES string of the molecule is CCCN1CCN(C(C#N)c2ccc(OC)cc2OC)CC1C. The molecule has 5 nitrogen and oxygen atoms in total. The first-order valence-corrected chi connectivity index (χ1v) is 8.24. The summed E-state index contributed by atoms with van der Waals surface area (Å²) >= 11 is 0. The Labute approximate surface area is 139 Å². The van der Waals surface area contributed by atoms with Gasteiger partial charge in [0.05, 0.1) is 20.3 Å². The molecule has 0 aliphatic carbocycles. The van der Waals surface area contributed by atoms with Gasteiger partial charge in [-0.2, -0.15) is 5.26 Å². The lowest BCUT2D eigenvalue weighted by Crippen LogP contribution is -2.52. The van der Waals surface area contributed by atoms with Crippen molar-refractivity contribution in [1.29, 1.82) is 5.26 Å². The first kappa shape index (κ1) is 17.6. The molecule has 1 aliphatic heterocycles. The zero-order chi connectivity index (χ0) is 16.8. The maximum absolute atomic E-state index is 9.74. The summed E-state index contributed by atoms with van der Waals surface area (Å²) in [7, 11) is 3.26. The van der Waals surface area contributed by atoms with E-state index in [9.17, 15) is 5.26 Å². The number of rotatable bonds is 6. The molecule has 1 aliphatic rings. The number of nitriles is 1. The van der Waals surface area contributed by atoms with Crippen LogP contribution < -0.4 is 9.47 Å². The number of hydrogen-bond donors (Lipinski definition) is 0. The highest BCUT2D eigenvalue weighted by Gasteiger charge is 2.30. The summed E-state index contributed by atoms with van der Waals surface area (Å²) in [6.45, 7) is 8.37. The largest absolute Gasteiger partial charge is 0.497 e. The Morgan fingerprint density at radius 3 is 2.65 bits per heavy atom. The molecule has 2 unspecified atom stereocenters. The van der Waals surface area contributed by atoms with E-state index in [1.54, 1.807) is 14.2 Å². The van der Waals surface area contributed by atoms with E-state index in [0.717, 1.165) is 37.5 Å². The van der Waals surface area contributed by atoms with Gasteiger partial charge in [0.2, 0.25) is 0 Å². The van der Waals surface area contributed by atoms with Crippen molar-refractivity contribution in [1.82, 2.24) is 9.80 Å². The number of methoxy groups -OCH3 is 2. The summed E-state index contributed by atoms with van der Waals surface area (Å²) in [6.07, 6.45) is 1.17. The van der Waals surface area contributed by atoms with Gasteiger partial charge >= 0.3 is 0 Å². The van der Waals surface area contributed by atoms with Crippen molar-refractivity contribution in [2.45, 2.75) is 32.4 Å². The summed E-state index contributed by atoms with van der Waals surface area (Å²) in [6, 6.07) is 8.30. The molecule has 0 saturated carbocycles. The Hall–Kier alpha value is -1.77. The molecule has 2 rings (SSSR count). The van der Waals surface area contributed by atoms with E-state index >= 15 is 0 Å². The van der Waals surface area contributed by atoms with Gasteiger partial charge in [0.15, 0.2) is 0 Å². The molecule has 1 saturated heterocycles. The summed E-state index contributed by atoms with van der Waals surface area (Å²) in [5.74, 6) is 1.45. The first-order valence-electron chi connectivity index (χ1n) is 8.24. The standard InChI is InChI=1S/C18H27N3O2/c1-5-8-20-9-10-21(13-14(20)2)17(12-19)16-7-6-15(22-3)11-18(16)23-4/h6-7,11,14,17H,5,8-10,13H2,1-4H3. The van der Waals surface area contributed by atoms with Crippen LogP contribution in [0.5, 0.6) is 11.5 Å². The van der Waals surface area contributed by atoms with Crippen LogP contribution in [0.15, 0.2) is 18.2 Å². The van der Waals surface area contributed by atoms with Gasteiger partial charge in [0.25, 0.3) is 0 Å². The Morgan fingerprint density at radius 2 is 2.09 bits per heavy atom. The van der Waals surface area contributed by atoms with Crippen LogP contribution in [0.1, 0.15) is 31.9 Å². The second-order valence-corrected chi connectivity index (χ2v) is 6.02. The third-order valence-electron chi connectivity index (χ3n) is 4.53. The predicted octanol–water partition coefficient (Wildman–Crippen LogP) is 2.68. The fourth-order valence-electron chi connectivity index (χ4n) is 3.27. The molecule has 5 heteroatoms. The molecule has 0 amide bonds. The van der Waals surface area contributed by atoms with Crippen molar-refractivity contribution in [3.63, 3.8) is 0 Å². The van der Waals surface area contributed by atoms with Crippen molar-refractivity contribution in [2.24, 2.45) is 0 Å². The van der Waals surface area contributed by atoms with Crippen molar-refractivity contribution in [3.8, 4) is 17.6 Å². The van der Waals surface area contributed by atoms with Gasteiger partial charge in [-0.15, -0.1) is 0 Å². The fraction of sp³-hybridized carbons (Fsp3) is 0.611. The smallest absolute Gasteiger partial charge is 0.128 e. The molecule has 1 aromatic carbocycles. The molecule has 0 radical (unpaired) electrons. The van der Waals surface area contributed by atoms with Gasteiger partial charge in [0, 0.05) is 37.3 Å². The molecule has 1 heterocycles. The van der Waals surface area contributed by atoms with Crippen LogP contribution in [0.25, 0.3) is 0 Å². The second-order valence-electron chi connectivity index (χ2n) is 6.02. The van der Waals surface area contributed by atoms with Crippen LogP contribution in [0.4, 0.5) is 0 Å². The van der Waals surface area contributed by atoms with E-state index in [1.165, 1.54) is 6.42 Å². The van der Waals surface area contributed by atoms with Gasteiger partial charge in [-0.25, -0.2) is 0 Å². The summed E-state index contributed by atoms with van der Waals surface area (Å²) in [4.78, 5) is 4.75. The quantitative estimate of drug-likeness (QED) is 0.807. The van der Waals surface area contributed by atoms with Crippen LogP contribution in [-0.2, 0) is 0 Å². The minimum atomic E-state index is -0.290. The molecule has 0 aromatic heterocycles. The van der Waals surface area contributed by atoms with Crippen LogP contribution in [0.2, 0.25) is 0 Å². The molecular weight excluding hydrogens is 290 g/mol. The highest BCUT2D eigenvalue weighted by Crippen LogP contribution is 2.33. The average molecular weight is 317 g/mol. The van der Waals surface area contributed by atoms with E-state index in [2.05, 4.69) is 29.7 Å². The molecule has 1 aromatic rings. The van der Waals surface area contributed by atoms with Crippen LogP contribution in [-0.4, -0.2) is 56.2 Å². The zero-order valence-corrected chi connectivity index (χ0v) is 14.6. The highest BCUT2D eigenvalue weighted by atomic mass is 16.5. The van der Waals surface area contributed by atoms with E-state index in [4.69, 9.17) is 9.47 Å². The second kappa shape index (κ2) is 8.19. The van der Waals surface area contributed by atoms with Gasteiger partial charge < -0.3 is 9.47 Å². The monoisotopic (exact) mass is 317 g/mol. The van der Waals surface area contributed by atoms with Gasteiger partial charge in [-0.05, 0) is 32.0 Å². The van der Waals surface area contributed by atoms with Gasteiger partial charge in [-0.1, -0.05) is 6.92 Å². The van der Waals surface area contributed by atoms with Crippen molar-refractivity contribution in [2.75, 3.05) is 40.4 Å². The number of ether oxygens (including phenoxy) is 2. The summed E-state index contributed by atoms with van der Waals surface area (Å²) in [5, 5.41) is 9.74. The molecule has 0 bridgehead atoms. The van der Waals surface area contributed by atoms with E-state index in [0.29, 0.717) is 11.8 Å². The number of hydrogen-bond acceptors (Lipinski definition) is 5. The van der Waals surface area contributed by atoms with E-state index < -0.39 is 0 Å². The third-order valence-corrected chi connectivity index (χ3v) is 4.53. The maximum atomic E-state index is 9.74. The number of benzene rings is 1. The minimum Gasteiger partial charge on any atom is -0.497 e. The zero-order valence-electron chi connectivity index (χ0n) is 14.6. The van der Waals surface area contributed by atoms with Crippen molar-refractivity contribution in [3.05, 3.63) is 23.8 Å². The minimum absolute atomic E-state index is 0.290. The Bertz CT molecular complexity index is 556. The normalized spacial score (nSPS) is 20.7. The fourth-order valence-corrected chi connectivity index (χ4v) is 3.27. The van der Waals surface area contributed by atoms with Gasteiger partial charge in [-0.3, -0.25) is 9.80 Å². The topological polar surface area (TPSA) is 48.7 Å². The molecule has 0 spiro atoms. The average Bonchev–Trinajstić information content (AvgIpc) is 2.58. The lowest BCUT2D eigenvalue weighted by atomic mass is 10.0. The molecular formula is C18H27N3O2. The molecule has 2 atom stereocenters. The molecule has 0 N–H and O–H groups in total. The van der Waals surface area contributed by atoms with Crippen LogP contribution >= 0.6 is 0 Å². The van der Waals surface area contributed by atoms with E-state index in [-0.39, 0.29) is 6.04 Å². The summed E-state index contributed by atoms with van der Waals surface area (Å²) < 4.78 is 10.7.